The molecule has 0 aromatic carbocycles. The van der Waals surface area contributed by atoms with Gasteiger partial charge < -0.3 is 0 Å². The Morgan fingerprint density at radius 3 is 2.52 bits per heavy atom. The molecule has 10 nitrogen and oxygen atoms in total. The quantitative estimate of drug-likeness (QED) is 0.672. The van der Waals surface area contributed by atoms with Crippen molar-refractivity contribution in [2.24, 2.45) is 0 Å². The Morgan fingerprint density at radius 1 is 1.28 bits per heavy atom. The number of rotatable bonds is 8. The first-order valence-electron chi connectivity index (χ1n) is 8.05. The van der Waals surface area contributed by atoms with Gasteiger partial charge in [0.2, 0.25) is 0 Å². The average molecular weight is 377 g/mol. The van der Waals surface area contributed by atoms with Crippen LogP contribution in [0.15, 0.2) is 15.8 Å². The van der Waals surface area contributed by atoms with E-state index in [1.54, 1.807) is 27.8 Å². The monoisotopic (exact) mass is 377 g/mol. The number of likely N-dealkylation sites (N-methyl/N-ethyl adjacent to an activating group) is 1. The van der Waals surface area contributed by atoms with Crippen LogP contribution in [-0.2, 0) is 23.0 Å². The number of aromatic amines is 1. The molecular formula is C14H24N3O7P. The molecule has 0 spiro atoms. The van der Waals surface area contributed by atoms with Crippen molar-refractivity contribution in [2.45, 2.75) is 39.5 Å². The number of nitrogens with one attached hydrogen (secondary N) is 1. The minimum atomic E-state index is -3.61. The van der Waals surface area contributed by atoms with Gasteiger partial charge in [-0.3, -0.25) is 32.8 Å². The second-order valence-corrected chi connectivity index (χ2v) is 7.22. The highest BCUT2D eigenvalue weighted by Gasteiger charge is 2.36. The molecule has 1 aliphatic rings. The van der Waals surface area contributed by atoms with E-state index in [1.807, 2.05) is 0 Å². The zero-order valence-electron chi connectivity index (χ0n) is 14.8. The van der Waals surface area contributed by atoms with Crippen molar-refractivity contribution in [1.82, 2.24) is 14.6 Å². The number of hydrogen-bond acceptors (Lipinski definition) is 8. The van der Waals surface area contributed by atoms with Gasteiger partial charge in [-0.15, -0.1) is 0 Å². The summed E-state index contributed by atoms with van der Waals surface area (Å²) in [6, 6.07) is -0.265. The molecule has 142 valence electrons. The van der Waals surface area contributed by atoms with Crippen molar-refractivity contribution in [2.75, 3.05) is 26.9 Å². The van der Waals surface area contributed by atoms with E-state index in [2.05, 4.69) is 4.98 Å². The maximum atomic E-state index is 12.3. The molecule has 1 aromatic rings. The predicted octanol–water partition coefficient (Wildman–Crippen LogP) is 1.18. The molecule has 1 saturated heterocycles. The van der Waals surface area contributed by atoms with Gasteiger partial charge in [0.05, 0.1) is 25.9 Å². The van der Waals surface area contributed by atoms with E-state index in [9.17, 15) is 14.2 Å². The smallest absolute Gasteiger partial charge is 0.287 e. The zero-order valence-corrected chi connectivity index (χ0v) is 15.7. The molecule has 0 amide bonds. The predicted molar refractivity (Wildman–Crippen MR) is 89.2 cm³/mol. The molecule has 11 heteroatoms. The zero-order chi connectivity index (χ0) is 18.6. The second-order valence-electron chi connectivity index (χ2n) is 5.55. The van der Waals surface area contributed by atoms with E-state index in [-0.39, 0.29) is 25.9 Å². The molecule has 0 saturated carbocycles. The van der Waals surface area contributed by atoms with Crippen LogP contribution in [0, 0.1) is 6.92 Å². The molecule has 2 rings (SSSR count). The summed E-state index contributed by atoms with van der Waals surface area (Å²) in [6.45, 7) is 5.43. The number of phosphoric ester groups is 1. The summed E-state index contributed by atoms with van der Waals surface area (Å²) >= 11 is 0. The molecule has 25 heavy (non-hydrogen) atoms. The maximum absolute atomic E-state index is 12.3. The van der Waals surface area contributed by atoms with E-state index in [1.165, 1.54) is 15.8 Å². The van der Waals surface area contributed by atoms with Crippen LogP contribution in [0.25, 0.3) is 0 Å². The molecule has 0 unspecified atom stereocenters. The van der Waals surface area contributed by atoms with E-state index in [0.29, 0.717) is 12.0 Å². The molecule has 0 radical (unpaired) electrons. The standard InChI is InChI=1S/C14H24N3O7P/c1-5-21-25(20,22-6-2)23-9-11-7-12(24-16(11)4)17-8-10(3)13(18)15-14(17)19/h8,11-12H,5-7,9H2,1-4H3,(H,15,18,19)/t11-,12+/m1/s1. The van der Waals surface area contributed by atoms with Crippen LogP contribution < -0.4 is 11.2 Å². The van der Waals surface area contributed by atoms with Crippen LogP contribution in [-0.4, -0.2) is 47.5 Å². The number of aryl methyl sites for hydroxylation is 1. The van der Waals surface area contributed by atoms with Gasteiger partial charge in [0.15, 0.2) is 6.23 Å². The summed E-state index contributed by atoms with van der Waals surface area (Å²) in [5.74, 6) is 0. The largest absolute Gasteiger partial charge is 0.474 e. The summed E-state index contributed by atoms with van der Waals surface area (Å²) in [4.78, 5) is 31.3. The minimum Gasteiger partial charge on any atom is -0.287 e. The lowest BCUT2D eigenvalue weighted by Crippen LogP contribution is -2.33. The first kappa shape index (κ1) is 20.0. The van der Waals surface area contributed by atoms with Gasteiger partial charge in [-0.25, -0.2) is 9.36 Å². The Bertz CT molecular complexity index is 737. The summed E-state index contributed by atoms with van der Waals surface area (Å²) in [5, 5.41) is 1.53. The number of nitrogens with zero attached hydrogens (tertiary/aromatic N) is 2. The van der Waals surface area contributed by atoms with Crippen LogP contribution in [0.4, 0.5) is 0 Å². The Balaban J connectivity index is 2.06. The fourth-order valence-corrected chi connectivity index (χ4v) is 3.66. The SMILES string of the molecule is CCOP(=O)(OCC)OC[C@H]1C[C@@H](n2cc(C)c(=O)[nH]c2=O)ON1C. The Labute approximate surface area is 145 Å². The Morgan fingerprint density at radius 2 is 1.92 bits per heavy atom. The summed E-state index contributed by atoms with van der Waals surface area (Å²) in [5.41, 5.74) is -0.575. The lowest BCUT2D eigenvalue weighted by molar-refractivity contribution is -0.170. The van der Waals surface area contributed by atoms with Gasteiger partial charge in [-0.1, -0.05) is 0 Å². The van der Waals surface area contributed by atoms with E-state index < -0.39 is 25.3 Å². The number of hydroxylamine groups is 2. The lowest BCUT2D eigenvalue weighted by atomic mass is 10.2. The molecule has 0 bridgehead atoms. The summed E-state index contributed by atoms with van der Waals surface area (Å²) in [6.07, 6.45) is 1.26. The Kier molecular flexibility index (Phi) is 6.72. The topological polar surface area (TPSA) is 112 Å². The van der Waals surface area contributed by atoms with Crippen molar-refractivity contribution >= 4 is 7.82 Å². The van der Waals surface area contributed by atoms with Crippen LogP contribution >= 0.6 is 7.82 Å². The highest BCUT2D eigenvalue weighted by atomic mass is 31.2. The third-order valence-corrected chi connectivity index (χ3v) is 5.35. The van der Waals surface area contributed by atoms with Gasteiger partial charge in [-0.2, -0.15) is 5.06 Å². The molecular weight excluding hydrogens is 353 g/mol. The van der Waals surface area contributed by atoms with Crippen molar-refractivity contribution in [1.29, 1.82) is 0 Å². The van der Waals surface area contributed by atoms with Crippen molar-refractivity contribution in [3.63, 3.8) is 0 Å². The van der Waals surface area contributed by atoms with E-state index >= 15 is 0 Å². The molecule has 0 aliphatic carbocycles. The van der Waals surface area contributed by atoms with Gasteiger partial charge >= 0.3 is 13.5 Å². The molecule has 1 N–H and O–H groups in total. The van der Waals surface area contributed by atoms with Crippen LogP contribution in [0.5, 0.6) is 0 Å². The number of H-pyrrole nitrogens is 1. The van der Waals surface area contributed by atoms with Crippen LogP contribution in [0.1, 0.15) is 32.1 Å². The third kappa shape index (κ3) is 4.87. The second kappa shape index (κ2) is 8.39. The first-order chi connectivity index (χ1) is 11.8. The van der Waals surface area contributed by atoms with Crippen molar-refractivity contribution in [3.05, 3.63) is 32.6 Å². The number of phosphoric acid groups is 1. The number of aromatic nitrogens is 2. The highest BCUT2D eigenvalue weighted by Crippen LogP contribution is 2.49. The molecule has 2 heterocycles. The van der Waals surface area contributed by atoms with Crippen molar-refractivity contribution < 1.29 is 23.0 Å². The van der Waals surface area contributed by atoms with Gasteiger partial charge in [-0.05, 0) is 20.8 Å². The first-order valence-corrected chi connectivity index (χ1v) is 9.51. The van der Waals surface area contributed by atoms with Crippen LogP contribution in [0.2, 0.25) is 0 Å². The summed E-state index contributed by atoms with van der Waals surface area (Å²) in [7, 11) is -1.93. The van der Waals surface area contributed by atoms with E-state index in [0.717, 1.165) is 0 Å². The molecule has 2 atom stereocenters. The van der Waals surface area contributed by atoms with E-state index in [4.69, 9.17) is 18.4 Å². The third-order valence-electron chi connectivity index (χ3n) is 3.73. The van der Waals surface area contributed by atoms with Gasteiger partial charge in [0, 0.05) is 25.2 Å². The number of hydrogen-bond donors (Lipinski definition) is 1. The fourth-order valence-electron chi connectivity index (χ4n) is 2.44. The molecule has 1 aromatic heterocycles. The van der Waals surface area contributed by atoms with Crippen LogP contribution in [0.3, 0.4) is 0 Å². The normalized spacial score (nSPS) is 21.8. The highest BCUT2D eigenvalue weighted by molar-refractivity contribution is 7.48. The van der Waals surface area contributed by atoms with Gasteiger partial charge in [0.1, 0.15) is 0 Å². The average Bonchev–Trinajstić information content (AvgIpc) is 2.90. The molecule has 1 fully saturated rings. The fraction of sp³-hybridized carbons (Fsp3) is 0.714. The Hall–Kier alpha value is -1.29. The van der Waals surface area contributed by atoms with Crippen molar-refractivity contribution in [3.8, 4) is 0 Å². The maximum Gasteiger partial charge on any atom is 0.474 e. The molecule has 1 aliphatic heterocycles. The summed E-state index contributed by atoms with van der Waals surface area (Å²) < 4.78 is 29.2. The minimum absolute atomic E-state index is 0.0430. The van der Waals surface area contributed by atoms with Gasteiger partial charge in [0.25, 0.3) is 5.56 Å². The lowest BCUT2D eigenvalue weighted by Gasteiger charge is -2.21.